The van der Waals surface area contributed by atoms with Crippen LogP contribution in [0.1, 0.15) is 29.6 Å². The van der Waals surface area contributed by atoms with Gasteiger partial charge in [0.2, 0.25) is 0 Å². The number of rotatable bonds is 3. The number of likely N-dealkylation sites (tertiary alicyclic amines) is 1. The predicted molar refractivity (Wildman–Crippen MR) is 103 cm³/mol. The molecule has 0 bridgehead atoms. The summed E-state index contributed by atoms with van der Waals surface area (Å²) in [5, 5.41) is 0.767. The summed E-state index contributed by atoms with van der Waals surface area (Å²) in [6.45, 7) is 0.0814. The number of aromatic nitrogens is 2. The van der Waals surface area contributed by atoms with Crippen molar-refractivity contribution in [1.82, 2.24) is 14.5 Å². The fraction of sp³-hybridized carbons (Fsp3) is 0.381. The molecule has 0 radical (unpaired) electrons. The number of halogens is 2. The van der Waals surface area contributed by atoms with Gasteiger partial charge in [0.1, 0.15) is 5.65 Å². The zero-order chi connectivity index (χ0) is 20.6. The van der Waals surface area contributed by atoms with E-state index in [2.05, 4.69) is 4.98 Å². The van der Waals surface area contributed by atoms with Gasteiger partial charge in [0.25, 0.3) is 11.8 Å². The molecular weight excluding hydrogens is 380 g/mol. The lowest BCUT2D eigenvalue weighted by Gasteiger charge is -2.31. The number of nitrogens with zero attached hydrogens (tertiary/aromatic N) is 3. The quantitative estimate of drug-likeness (QED) is 0.739. The van der Waals surface area contributed by atoms with Crippen molar-refractivity contribution in [3.63, 3.8) is 0 Å². The average Bonchev–Trinajstić information content (AvgIpc) is 3.16. The van der Waals surface area contributed by atoms with Gasteiger partial charge in [0.15, 0.2) is 0 Å². The molecule has 1 fully saturated rings. The highest BCUT2D eigenvalue weighted by atomic mass is 19.3. The number of carbonyl (C=O) groups excluding carboxylic acids is 2. The van der Waals surface area contributed by atoms with Crippen LogP contribution >= 0.6 is 0 Å². The van der Waals surface area contributed by atoms with E-state index in [1.807, 2.05) is 29.0 Å². The highest BCUT2D eigenvalue weighted by molar-refractivity contribution is 5.97. The van der Waals surface area contributed by atoms with Crippen LogP contribution in [-0.4, -0.2) is 52.4 Å². The second kappa shape index (κ2) is 7.42. The maximum atomic E-state index is 13.3. The number of allylic oxidation sites excluding steroid dienone is 3. The predicted octanol–water partition coefficient (Wildman–Crippen LogP) is 3.50. The minimum Gasteiger partial charge on any atom is -0.469 e. The third kappa shape index (κ3) is 3.79. The Kier molecular flexibility index (Phi) is 4.94. The van der Waals surface area contributed by atoms with E-state index in [1.165, 1.54) is 18.2 Å². The number of alkyl halides is 2. The summed E-state index contributed by atoms with van der Waals surface area (Å²) in [5.41, 5.74) is 1.94. The van der Waals surface area contributed by atoms with Crippen molar-refractivity contribution in [3.05, 3.63) is 48.3 Å². The van der Waals surface area contributed by atoms with E-state index in [1.54, 1.807) is 12.1 Å². The molecule has 4 rings (SSSR count). The van der Waals surface area contributed by atoms with Crippen LogP contribution in [0.15, 0.2) is 42.8 Å². The molecule has 0 spiro atoms. The molecule has 1 aliphatic carbocycles. The Morgan fingerprint density at radius 2 is 2.03 bits per heavy atom. The molecule has 6 nitrogen and oxygen atoms in total. The number of esters is 1. The van der Waals surface area contributed by atoms with Gasteiger partial charge in [0, 0.05) is 55.8 Å². The summed E-state index contributed by atoms with van der Waals surface area (Å²) in [5.74, 6) is -3.62. The number of pyridine rings is 1. The molecule has 0 N–H and O–H groups in total. The zero-order valence-corrected chi connectivity index (χ0v) is 16.0. The maximum Gasteiger partial charge on any atom is 0.312 e. The Hall–Kier alpha value is -3.03. The van der Waals surface area contributed by atoms with Gasteiger partial charge < -0.3 is 14.2 Å². The van der Waals surface area contributed by atoms with Crippen molar-refractivity contribution in [2.75, 3.05) is 20.2 Å². The van der Waals surface area contributed by atoms with Crippen LogP contribution in [0.4, 0.5) is 8.78 Å². The van der Waals surface area contributed by atoms with Crippen molar-refractivity contribution in [1.29, 1.82) is 0 Å². The van der Waals surface area contributed by atoms with Gasteiger partial charge in [-0.2, -0.15) is 0 Å². The fourth-order valence-electron chi connectivity index (χ4n) is 3.75. The number of ether oxygens (including phenoxy) is 1. The molecule has 2 aliphatic rings. The summed E-state index contributed by atoms with van der Waals surface area (Å²) in [6, 6.07) is 3.57. The summed E-state index contributed by atoms with van der Waals surface area (Å²) >= 11 is 0. The maximum absolute atomic E-state index is 13.3. The SMILES string of the molecule is COC(=O)C1C=CC=C(n2ccc3cc(C(=O)N4CCC(F)(F)CC4)cnc32)C1. The number of hydrogen-bond donors (Lipinski definition) is 0. The minimum absolute atomic E-state index is 0.0407. The number of piperidine rings is 1. The molecule has 3 heterocycles. The van der Waals surface area contributed by atoms with Crippen molar-refractivity contribution in [2.45, 2.75) is 25.2 Å². The zero-order valence-electron chi connectivity index (χ0n) is 16.0. The van der Waals surface area contributed by atoms with Crippen molar-refractivity contribution in [3.8, 4) is 0 Å². The number of amides is 1. The van der Waals surface area contributed by atoms with Crippen LogP contribution in [0.3, 0.4) is 0 Å². The van der Waals surface area contributed by atoms with E-state index in [0.717, 1.165) is 11.1 Å². The number of fused-ring (bicyclic) bond motifs is 1. The number of carbonyl (C=O) groups is 2. The first-order valence-electron chi connectivity index (χ1n) is 9.48. The molecule has 2 aromatic rings. The largest absolute Gasteiger partial charge is 0.469 e. The molecular formula is C21H21F2N3O3. The smallest absolute Gasteiger partial charge is 0.312 e. The molecule has 1 unspecified atom stereocenters. The molecule has 0 aromatic carbocycles. The second-order valence-corrected chi connectivity index (χ2v) is 7.35. The Morgan fingerprint density at radius 1 is 1.28 bits per heavy atom. The van der Waals surface area contributed by atoms with E-state index < -0.39 is 5.92 Å². The fourth-order valence-corrected chi connectivity index (χ4v) is 3.75. The number of methoxy groups -OCH3 is 1. The van der Waals surface area contributed by atoms with Crippen molar-refractivity contribution >= 4 is 28.6 Å². The monoisotopic (exact) mass is 401 g/mol. The summed E-state index contributed by atoms with van der Waals surface area (Å²) < 4.78 is 33.4. The minimum atomic E-state index is -2.69. The lowest BCUT2D eigenvalue weighted by atomic mass is 9.98. The highest BCUT2D eigenvalue weighted by Crippen LogP contribution is 2.30. The first-order chi connectivity index (χ1) is 13.9. The Labute approximate surface area is 166 Å². The van der Waals surface area contributed by atoms with Crippen LogP contribution < -0.4 is 0 Å². The highest BCUT2D eigenvalue weighted by Gasteiger charge is 2.35. The van der Waals surface area contributed by atoms with Gasteiger partial charge in [0.05, 0.1) is 18.6 Å². The Balaban J connectivity index is 1.55. The normalized spacial score (nSPS) is 21.1. The molecule has 1 atom stereocenters. The summed E-state index contributed by atoms with van der Waals surface area (Å²) in [7, 11) is 1.36. The molecule has 152 valence electrons. The molecule has 1 saturated heterocycles. The number of hydrogen-bond acceptors (Lipinski definition) is 4. The lowest BCUT2D eigenvalue weighted by molar-refractivity contribution is -0.143. The molecule has 1 aliphatic heterocycles. The van der Waals surface area contributed by atoms with Crippen molar-refractivity contribution < 1.29 is 23.1 Å². The first kappa shape index (κ1) is 19.3. The van der Waals surface area contributed by atoms with Gasteiger partial charge in [-0.1, -0.05) is 12.2 Å². The summed E-state index contributed by atoms with van der Waals surface area (Å²) in [4.78, 5) is 30.4. The van der Waals surface area contributed by atoms with E-state index in [9.17, 15) is 18.4 Å². The van der Waals surface area contributed by atoms with Gasteiger partial charge in [-0.15, -0.1) is 0 Å². The van der Waals surface area contributed by atoms with Gasteiger partial charge in [-0.25, -0.2) is 13.8 Å². The summed E-state index contributed by atoms with van der Waals surface area (Å²) in [6.07, 6.45) is 8.70. The van der Waals surface area contributed by atoms with E-state index in [-0.39, 0.29) is 43.7 Å². The Bertz CT molecular complexity index is 1020. The van der Waals surface area contributed by atoms with Crippen LogP contribution in [-0.2, 0) is 9.53 Å². The topological polar surface area (TPSA) is 64.4 Å². The Morgan fingerprint density at radius 3 is 2.76 bits per heavy atom. The third-order valence-corrected chi connectivity index (χ3v) is 5.43. The standard InChI is InChI=1S/C21H21F2N3O3/c1-29-20(28)15-3-2-4-17(12-15)26-8-5-14-11-16(13-24-18(14)26)19(27)25-9-6-21(22,23)7-10-25/h2-5,8,11,13,15H,6-7,9-10,12H2,1H3. The van der Waals surface area contributed by atoms with E-state index in [4.69, 9.17) is 4.74 Å². The third-order valence-electron chi connectivity index (χ3n) is 5.43. The van der Waals surface area contributed by atoms with Gasteiger partial charge >= 0.3 is 5.97 Å². The molecule has 8 heteroatoms. The molecule has 29 heavy (non-hydrogen) atoms. The van der Waals surface area contributed by atoms with E-state index in [0.29, 0.717) is 17.6 Å². The van der Waals surface area contributed by atoms with Gasteiger partial charge in [-0.3, -0.25) is 9.59 Å². The molecule has 2 aromatic heterocycles. The average molecular weight is 401 g/mol. The van der Waals surface area contributed by atoms with Crippen LogP contribution in [0, 0.1) is 5.92 Å². The first-order valence-corrected chi connectivity index (χ1v) is 9.48. The van der Waals surface area contributed by atoms with Gasteiger partial charge in [-0.05, 0) is 18.2 Å². The lowest BCUT2D eigenvalue weighted by Crippen LogP contribution is -2.42. The second-order valence-electron chi connectivity index (χ2n) is 7.35. The van der Waals surface area contributed by atoms with E-state index >= 15 is 0 Å². The van der Waals surface area contributed by atoms with Crippen LogP contribution in [0.5, 0.6) is 0 Å². The van der Waals surface area contributed by atoms with Crippen LogP contribution in [0.2, 0.25) is 0 Å². The molecule has 1 amide bonds. The van der Waals surface area contributed by atoms with Crippen molar-refractivity contribution in [2.24, 2.45) is 5.92 Å². The van der Waals surface area contributed by atoms with Crippen LogP contribution in [0.25, 0.3) is 16.7 Å². The molecule has 0 saturated carbocycles.